The zero-order chi connectivity index (χ0) is 34.0. The number of halogens is 1. The van der Waals surface area contributed by atoms with Crippen LogP contribution in [0.2, 0.25) is 0 Å². The fourth-order valence-electron chi connectivity index (χ4n) is 5.37. The predicted octanol–water partition coefficient (Wildman–Crippen LogP) is 8.86. The van der Waals surface area contributed by atoms with E-state index in [-0.39, 0.29) is 43.6 Å². The Morgan fingerprint density at radius 3 is 1.96 bits per heavy atom. The molecule has 0 N–H and O–H groups in total. The Morgan fingerprint density at radius 1 is 0.729 bits per heavy atom. The van der Waals surface area contributed by atoms with Crippen molar-refractivity contribution < 1.29 is 23.5 Å². The number of hydrogen-bond donors (Lipinski definition) is 0. The summed E-state index contributed by atoms with van der Waals surface area (Å²) in [6.07, 6.45) is 0. The Morgan fingerprint density at radius 2 is 1.33 bits per heavy atom. The quantitative estimate of drug-likeness (QED) is 0.0928. The summed E-state index contributed by atoms with van der Waals surface area (Å²) < 4.78 is 27.6. The molecular formula is C40H39FN2O4S. The number of carbonyl (C=O) groups excluding carboxylic acids is 2. The van der Waals surface area contributed by atoms with Crippen LogP contribution in [0.5, 0.6) is 5.75 Å². The molecule has 0 saturated heterocycles. The molecule has 0 aliphatic heterocycles. The van der Waals surface area contributed by atoms with Crippen LogP contribution in [0.4, 0.5) is 10.1 Å². The van der Waals surface area contributed by atoms with E-state index < -0.39 is 5.97 Å². The van der Waals surface area contributed by atoms with Crippen LogP contribution in [0, 0.1) is 26.6 Å². The fourth-order valence-corrected chi connectivity index (χ4v) is 6.27. The van der Waals surface area contributed by atoms with Crippen LogP contribution in [-0.2, 0) is 29.3 Å². The van der Waals surface area contributed by atoms with Gasteiger partial charge in [0.15, 0.2) is 0 Å². The van der Waals surface area contributed by atoms with Crippen molar-refractivity contribution in [3.05, 3.63) is 160 Å². The summed E-state index contributed by atoms with van der Waals surface area (Å²) in [4.78, 5) is 30.2. The molecule has 246 valence electrons. The molecule has 5 aromatic carbocycles. The van der Waals surface area contributed by atoms with Crippen molar-refractivity contribution in [3.8, 4) is 5.75 Å². The number of nitrogens with zero attached hydrogens (tertiary/aromatic N) is 2. The highest BCUT2D eigenvalue weighted by atomic mass is 32.2. The molecule has 0 aliphatic rings. The van der Waals surface area contributed by atoms with Crippen LogP contribution in [0.15, 0.2) is 120 Å². The van der Waals surface area contributed by atoms with Gasteiger partial charge in [0, 0.05) is 16.6 Å². The molecule has 1 amide bonds. The minimum Gasteiger partial charge on any atom is -0.488 e. The van der Waals surface area contributed by atoms with Crippen molar-refractivity contribution in [2.24, 2.45) is 0 Å². The van der Waals surface area contributed by atoms with Gasteiger partial charge in [-0.2, -0.15) is 0 Å². The predicted molar refractivity (Wildman–Crippen MR) is 190 cm³/mol. The highest BCUT2D eigenvalue weighted by Gasteiger charge is 2.23. The molecular weight excluding hydrogens is 624 g/mol. The third-order valence-corrected chi connectivity index (χ3v) is 8.98. The lowest BCUT2D eigenvalue weighted by Gasteiger charge is -2.27. The molecule has 0 spiro atoms. The van der Waals surface area contributed by atoms with E-state index in [9.17, 15) is 14.0 Å². The Hall–Kier alpha value is -4.92. The first-order chi connectivity index (χ1) is 23.2. The summed E-state index contributed by atoms with van der Waals surface area (Å²) in [5.74, 6) is -0.776. The third kappa shape index (κ3) is 9.33. The molecule has 8 heteroatoms. The van der Waals surface area contributed by atoms with Gasteiger partial charge in [0.2, 0.25) is 5.91 Å². The maximum atomic E-state index is 14.1. The summed E-state index contributed by atoms with van der Waals surface area (Å²) in [7, 11) is 1.89. The van der Waals surface area contributed by atoms with Crippen molar-refractivity contribution in [1.29, 1.82) is 0 Å². The Kier molecular flexibility index (Phi) is 11.7. The molecule has 0 fully saturated rings. The van der Waals surface area contributed by atoms with E-state index in [0.717, 1.165) is 32.7 Å². The van der Waals surface area contributed by atoms with Crippen molar-refractivity contribution in [1.82, 2.24) is 4.31 Å². The molecule has 0 aliphatic carbocycles. The molecule has 0 saturated carbocycles. The van der Waals surface area contributed by atoms with Gasteiger partial charge in [-0.1, -0.05) is 90.5 Å². The number of aryl methyl sites for hydroxylation is 3. The van der Waals surface area contributed by atoms with E-state index in [1.165, 1.54) is 29.6 Å². The van der Waals surface area contributed by atoms with Gasteiger partial charge in [-0.3, -0.25) is 4.79 Å². The second-order valence-corrected chi connectivity index (χ2v) is 12.9. The minimum atomic E-state index is -0.537. The first-order valence-electron chi connectivity index (χ1n) is 15.7. The number of hydrogen-bond acceptors (Lipinski definition) is 6. The smallest absolute Gasteiger partial charge is 0.342 e. The van der Waals surface area contributed by atoms with Crippen molar-refractivity contribution >= 4 is 29.5 Å². The molecule has 0 unspecified atom stereocenters. The van der Waals surface area contributed by atoms with E-state index in [1.807, 2.05) is 72.0 Å². The van der Waals surface area contributed by atoms with Gasteiger partial charge in [-0.15, -0.1) is 0 Å². The van der Waals surface area contributed by atoms with E-state index in [2.05, 4.69) is 32.9 Å². The molecule has 0 heterocycles. The number of anilines is 1. The second kappa shape index (κ2) is 16.3. The topological polar surface area (TPSA) is 59.1 Å². The Balaban J connectivity index is 1.44. The molecule has 6 nitrogen and oxygen atoms in total. The SMILES string of the molecule is Cc1cc(C)c(SN(C)CC(=O)N(Cc2ccc(F)cc2)c2ccc(C(=O)OCc3ccccc3)c(OCc3ccccc3)c2)c(C)c1. The van der Waals surface area contributed by atoms with E-state index >= 15 is 0 Å². The van der Waals surface area contributed by atoms with E-state index in [0.29, 0.717) is 11.4 Å². The maximum Gasteiger partial charge on any atom is 0.342 e. The minimum absolute atomic E-state index is 0.0969. The molecule has 0 atom stereocenters. The number of esters is 1. The molecule has 5 aromatic rings. The highest BCUT2D eigenvalue weighted by Crippen LogP contribution is 2.32. The van der Waals surface area contributed by atoms with Crippen LogP contribution in [0.1, 0.15) is 43.7 Å². The monoisotopic (exact) mass is 662 g/mol. The molecule has 48 heavy (non-hydrogen) atoms. The van der Waals surface area contributed by atoms with Crippen molar-refractivity contribution in [3.63, 3.8) is 0 Å². The molecule has 0 radical (unpaired) electrons. The van der Waals surface area contributed by atoms with Gasteiger partial charge in [0.1, 0.15) is 30.3 Å². The van der Waals surface area contributed by atoms with Gasteiger partial charge in [0.05, 0.1) is 13.1 Å². The number of likely N-dealkylation sites (N-methyl/N-ethyl adjacent to an activating group) is 1. The van der Waals surface area contributed by atoms with Gasteiger partial charge in [-0.25, -0.2) is 13.5 Å². The standard InChI is InChI=1S/C40H39FN2O4S/c1-28-21-29(2)39(30(3)22-28)48-42(4)25-38(44)43(24-31-15-17-34(41)18-16-31)35-19-20-36(40(45)47-27-33-13-9-6-10-14-33)37(23-35)46-26-32-11-7-5-8-12-32/h5-23H,24-27H2,1-4H3. The van der Waals surface area contributed by atoms with E-state index in [1.54, 1.807) is 35.2 Å². The fraction of sp³-hybridized carbons (Fsp3) is 0.200. The highest BCUT2D eigenvalue weighted by molar-refractivity contribution is 7.97. The van der Waals surface area contributed by atoms with Crippen LogP contribution >= 0.6 is 11.9 Å². The van der Waals surface area contributed by atoms with Crippen LogP contribution < -0.4 is 9.64 Å². The number of carbonyl (C=O) groups is 2. The van der Waals surface area contributed by atoms with Crippen molar-refractivity contribution in [2.75, 3.05) is 18.5 Å². The van der Waals surface area contributed by atoms with Gasteiger partial charge < -0.3 is 14.4 Å². The number of amides is 1. The largest absolute Gasteiger partial charge is 0.488 e. The first-order valence-corrected chi connectivity index (χ1v) is 16.5. The summed E-state index contributed by atoms with van der Waals surface area (Å²) in [6.45, 7) is 6.82. The number of benzene rings is 5. The number of rotatable bonds is 13. The summed E-state index contributed by atoms with van der Waals surface area (Å²) in [6, 6.07) is 34.5. The van der Waals surface area contributed by atoms with Crippen LogP contribution in [0.3, 0.4) is 0 Å². The first kappa shape index (κ1) is 34.4. The zero-order valence-electron chi connectivity index (χ0n) is 27.6. The van der Waals surface area contributed by atoms with Gasteiger partial charge in [0.25, 0.3) is 0 Å². The molecule has 0 bridgehead atoms. The lowest BCUT2D eigenvalue weighted by atomic mass is 10.1. The Bertz CT molecular complexity index is 1830. The average molecular weight is 663 g/mol. The number of ether oxygens (including phenoxy) is 2. The summed E-state index contributed by atoms with van der Waals surface area (Å²) in [5, 5.41) is 0. The summed E-state index contributed by atoms with van der Waals surface area (Å²) in [5.41, 5.74) is 6.81. The lowest BCUT2D eigenvalue weighted by molar-refractivity contribution is -0.118. The maximum absolute atomic E-state index is 14.1. The third-order valence-electron chi connectivity index (χ3n) is 7.71. The van der Waals surface area contributed by atoms with Crippen LogP contribution in [0.25, 0.3) is 0 Å². The molecule has 0 aromatic heterocycles. The second-order valence-electron chi connectivity index (χ2n) is 11.7. The zero-order valence-corrected chi connectivity index (χ0v) is 28.4. The van der Waals surface area contributed by atoms with Gasteiger partial charge >= 0.3 is 5.97 Å². The van der Waals surface area contributed by atoms with Crippen LogP contribution in [-0.4, -0.2) is 29.8 Å². The van der Waals surface area contributed by atoms with E-state index in [4.69, 9.17) is 9.47 Å². The normalized spacial score (nSPS) is 11.0. The lowest BCUT2D eigenvalue weighted by Crippen LogP contribution is -2.37. The molecule has 5 rings (SSSR count). The average Bonchev–Trinajstić information content (AvgIpc) is 3.08. The summed E-state index contributed by atoms with van der Waals surface area (Å²) >= 11 is 1.52. The van der Waals surface area contributed by atoms with Gasteiger partial charge in [-0.05, 0) is 91.8 Å². The Labute approximate surface area is 286 Å². The van der Waals surface area contributed by atoms with Crippen molar-refractivity contribution in [2.45, 2.75) is 45.4 Å².